The van der Waals surface area contributed by atoms with E-state index in [4.69, 9.17) is 0 Å². The molecule has 0 radical (unpaired) electrons. The lowest BCUT2D eigenvalue weighted by molar-refractivity contribution is 0.590. The van der Waals surface area contributed by atoms with Crippen molar-refractivity contribution in [1.82, 2.24) is 0 Å². The third-order valence-electron chi connectivity index (χ3n) is 3.75. The molecule has 0 atom stereocenters. The van der Waals surface area contributed by atoms with E-state index in [-0.39, 0.29) is 11.2 Å². The van der Waals surface area contributed by atoms with E-state index in [1.807, 2.05) is 54.6 Å². The van der Waals surface area contributed by atoms with E-state index in [0.29, 0.717) is 12.1 Å². The number of aryl methyl sites for hydroxylation is 1. The average Bonchev–Trinajstić information content (AvgIpc) is 2.47. The zero-order chi connectivity index (χ0) is 16.9. The molecule has 2 rings (SSSR count). The summed E-state index contributed by atoms with van der Waals surface area (Å²) < 4.78 is 27.0. The molecule has 0 bridgehead atoms. The minimum atomic E-state index is -3.30. The van der Waals surface area contributed by atoms with Crippen molar-refractivity contribution in [3.05, 3.63) is 65.7 Å². The smallest absolute Gasteiger partial charge is 0.232 e. The largest absolute Gasteiger partial charge is 0.284 e. The third kappa shape index (κ3) is 5.71. The normalized spacial score (nSPS) is 12.1. The maximum absolute atomic E-state index is 12.2. The minimum Gasteiger partial charge on any atom is -0.284 e. The van der Waals surface area contributed by atoms with Crippen LogP contribution in [0.3, 0.4) is 0 Å². The Morgan fingerprint density at radius 2 is 1.52 bits per heavy atom. The van der Waals surface area contributed by atoms with Gasteiger partial charge in [0.1, 0.15) is 0 Å². The monoisotopic (exact) mass is 331 g/mol. The van der Waals surface area contributed by atoms with Crippen molar-refractivity contribution in [1.29, 1.82) is 0 Å². The second kappa shape index (κ2) is 7.18. The van der Waals surface area contributed by atoms with E-state index in [0.717, 1.165) is 12.0 Å². The third-order valence-corrected chi connectivity index (χ3v) is 5.12. The molecule has 0 heterocycles. The molecule has 0 aliphatic carbocycles. The van der Waals surface area contributed by atoms with Crippen molar-refractivity contribution in [2.45, 2.75) is 39.0 Å². The molecule has 0 unspecified atom stereocenters. The number of nitrogens with one attached hydrogen (secondary N) is 1. The van der Waals surface area contributed by atoms with Crippen molar-refractivity contribution < 1.29 is 8.42 Å². The molecule has 0 amide bonds. The molecular weight excluding hydrogens is 306 g/mol. The zero-order valence-corrected chi connectivity index (χ0v) is 14.9. The number of benzene rings is 2. The van der Waals surface area contributed by atoms with Gasteiger partial charge < -0.3 is 0 Å². The highest BCUT2D eigenvalue weighted by molar-refractivity contribution is 7.92. The van der Waals surface area contributed by atoms with E-state index in [9.17, 15) is 8.42 Å². The first kappa shape index (κ1) is 17.5. The van der Waals surface area contributed by atoms with Gasteiger partial charge in [-0.05, 0) is 41.5 Å². The molecular formula is C19H25NO2S. The predicted octanol–water partition coefficient (Wildman–Crippen LogP) is 4.36. The number of rotatable bonds is 6. The van der Waals surface area contributed by atoms with Gasteiger partial charge in [-0.1, -0.05) is 63.2 Å². The van der Waals surface area contributed by atoms with Crippen LogP contribution in [0.1, 0.15) is 38.3 Å². The summed E-state index contributed by atoms with van der Waals surface area (Å²) in [5.74, 6) is 0.128. The predicted molar refractivity (Wildman–Crippen MR) is 97.3 cm³/mol. The second-order valence-electron chi connectivity index (χ2n) is 6.84. The maximum atomic E-state index is 12.2. The molecule has 0 spiro atoms. The van der Waals surface area contributed by atoms with E-state index < -0.39 is 10.0 Å². The van der Waals surface area contributed by atoms with Crippen molar-refractivity contribution in [3.63, 3.8) is 0 Å². The Kier molecular flexibility index (Phi) is 5.47. The lowest BCUT2D eigenvalue weighted by Crippen LogP contribution is -2.17. The Labute approximate surface area is 139 Å². The standard InChI is InChI=1S/C19H25NO2S/c1-19(2,3)17-11-13-18(14-12-17)20-23(21,22)15-7-10-16-8-5-4-6-9-16/h4-6,8-9,11-14,20H,7,10,15H2,1-3H3. The Bertz CT molecular complexity index is 714. The highest BCUT2D eigenvalue weighted by atomic mass is 32.2. The van der Waals surface area contributed by atoms with Crippen LogP contribution in [-0.2, 0) is 21.9 Å². The van der Waals surface area contributed by atoms with Gasteiger partial charge in [-0.2, -0.15) is 0 Å². The first-order chi connectivity index (χ1) is 10.8. The van der Waals surface area contributed by atoms with Crippen LogP contribution in [-0.4, -0.2) is 14.2 Å². The number of hydrogen-bond donors (Lipinski definition) is 1. The Hall–Kier alpha value is -1.81. The van der Waals surface area contributed by atoms with Gasteiger partial charge in [0, 0.05) is 5.69 Å². The molecule has 2 aromatic rings. The minimum absolute atomic E-state index is 0.0626. The van der Waals surface area contributed by atoms with Gasteiger partial charge >= 0.3 is 0 Å². The van der Waals surface area contributed by atoms with Crippen LogP contribution >= 0.6 is 0 Å². The van der Waals surface area contributed by atoms with Crippen LogP contribution in [0.15, 0.2) is 54.6 Å². The van der Waals surface area contributed by atoms with Crippen molar-refractivity contribution in [3.8, 4) is 0 Å². The summed E-state index contributed by atoms with van der Waals surface area (Å²) in [5.41, 5.74) is 3.03. The fourth-order valence-electron chi connectivity index (χ4n) is 2.38. The van der Waals surface area contributed by atoms with Gasteiger partial charge in [0.2, 0.25) is 10.0 Å². The van der Waals surface area contributed by atoms with Crippen LogP contribution in [0.5, 0.6) is 0 Å². The van der Waals surface area contributed by atoms with Crippen LogP contribution < -0.4 is 4.72 Å². The molecule has 3 nitrogen and oxygen atoms in total. The van der Waals surface area contributed by atoms with Gasteiger partial charge in [0.15, 0.2) is 0 Å². The molecule has 0 aliphatic rings. The first-order valence-electron chi connectivity index (χ1n) is 7.91. The Morgan fingerprint density at radius 3 is 2.09 bits per heavy atom. The molecule has 4 heteroatoms. The Balaban J connectivity index is 1.90. The number of sulfonamides is 1. The lowest BCUT2D eigenvalue weighted by Gasteiger charge is -2.19. The molecule has 0 fully saturated rings. The van der Waals surface area contributed by atoms with E-state index in [2.05, 4.69) is 25.5 Å². The summed E-state index contributed by atoms with van der Waals surface area (Å²) >= 11 is 0. The zero-order valence-electron chi connectivity index (χ0n) is 14.0. The Morgan fingerprint density at radius 1 is 0.913 bits per heavy atom. The summed E-state index contributed by atoms with van der Waals surface area (Å²) in [6, 6.07) is 17.5. The molecule has 0 aliphatic heterocycles. The number of hydrogen-bond acceptors (Lipinski definition) is 2. The summed E-state index contributed by atoms with van der Waals surface area (Å²) in [6.45, 7) is 6.40. The molecule has 0 saturated carbocycles. The molecule has 1 N–H and O–H groups in total. The first-order valence-corrected chi connectivity index (χ1v) is 9.56. The second-order valence-corrected chi connectivity index (χ2v) is 8.68. The van der Waals surface area contributed by atoms with E-state index in [1.54, 1.807) is 0 Å². The lowest BCUT2D eigenvalue weighted by atomic mass is 9.87. The highest BCUT2D eigenvalue weighted by Crippen LogP contribution is 2.23. The quantitative estimate of drug-likeness (QED) is 0.855. The molecule has 2 aromatic carbocycles. The summed E-state index contributed by atoms with van der Waals surface area (Å²) in [6.07, 6.45) is 1.38. The van der Waals surface area contributed by atoms with Gasteiger partial charge in [-0.3, -0.25) is 4.72 Å². The van der Waals surface area contributed by atoms with Crippen molar-refractivity contribution in [2.24, 2.45) is 0 Å². The van der Waals surface area contributed by atoms with Gasteiger partial charge in [0.05, 0.1) is 5.75 Å². The van der Waals surface area contributed by atoms with Crippen LogP contribution in [0.2, 0.25) is 0 Å². The highest BCUT2D eigenvalue weighted by Gasteiger charge is 2.14. The van der Waals surface area contributed by atoms with E-state index in [1.165, 1.54) is 5.56 Å². The summed E-state index contributed by atoms with van der Waals surface area (Å²) in [7, 11) is -3.30. The maximum Gasteiger partial charge on any atom is 0.232 e. The van der Waals surface area contributed by atoms with E-state index >= 15 is 0 Å². The number of anilines is 1. The molecule has 124 valence electrons. The molecule has 0 aromatic heterocycles. The fraction of sp³-hybridized carbons (Fsp3) is 0.368. The van der Waals surface area contributed by atoms with Crippen LogP contribution in [0, 0.1) is 0 Å². The fourth-order valence-corrected chi connectivity index (χ4v) is 3.50. The van der Waals surface area contributed by atoms with Crippen molar-refractivity contribution in [2.75, 3.05) is 10.5 Å². The molecule has 0 saturated heterocycles. The average molecular weight is 331 g/mol. The summed E-state index contributed by atoms with van der Waals surface area (Å²) in [5, 5.41) is 0. The van der Waals surface area contributed by atoms with Crippen LogP contribution in [0.4, 0.5) is 5.69 Å². The summed E-state index contributed by atoms with van der Waals surface area (Å²) in [4.78, 5) is 0. The van der Waals surface area contributed by atoms with Gasteiger partial charge in [-0.25, -0.2) is 8.42 Å². The SMILES string of the molecule is CC(C)(C)c1ccc(NS(=O)(=O)CCCc2ccccc2)cc1. The topological polar surface area (TPSA) is 46.2 Å². The van der Waals surface area contributed by atoms with Gasteiger partial charge in [-0.15, -0.1) is 0 Å². The molecule has 23 heavy (non-hydrogen) atoms. The van der Waals surface area contributed by atoms with Crippen LogP contribution in [0.25, 0.3) is 0 Å². The van der Waals surface area contributed by atoms with Crippen molar-refractivity contribution >= 4 is 15.7 Å². The van der Waals surface area contributed by atoms with Gasteiger partial charge in [0.25, 0.3) is 0 Å².